The number of benzene rings is 1. The van der Waals surface area contributed by atoms with Crippen molar-refractivity contribution in [2.45, 2.75) is 30.8 Å². The zero-order chi connectivity index (χ0) is 15.6. The van der Waals surface area contributed by atoms with E-state index in [2.05, 4.69) is 26.1 Å². The number of nitrogens with one attached hydrogen (secondary N) is 1. The van der Waals surface area contributed by atoms with Crippen molar-refractivity contribution in [2.75, 3.05) is 0 Å². The van der Waals surface area contributed by atoms with Gasteiger partial charge in [0.2, 0.25) is 9.84 Å². The van der Waals surface area contributed by atoms with Crippen LogP contribution in [0.25, 0.3) is 0 Å². The maximum atomic E-state index is 13.2. The summed E-state index contributed by atoms with van der Waals surface area (Å²) < 4.78 is 39.1. The summed E-state index contributed by atoms with van der Waals surface area (Å²) in [4.78, 5) is 11.6. The Morgan fingerprint density at radius 1 is 1.43 bits per heavy atom. The van der Waals surface area contributed by atoms with Crippen molar-refractivity contribution in [3.05, 3.63) is 44.5 Å². The van der Waals surface area contributed by atoms with Crippen molar-refractivity contribution in [3.8, 4) is 0 Å². The Morgan fingerprint density at radius 2 is 2.14 bits per heavy atom. The Hall–Kier alpha value is -1.48. The van der Waals surface area contributed by atoms with Crippen LogP contribution in [0.4, 0.5) is 4.39 Å². The van der Waals surface area contributed by atoms with E-state index < -0.39 is 21.3 Å². The number of rotatable bonds is 5. The molecule has 1 heterocycles. The van der Waals surface area contributed by atoms with Crippen LogP contribution in [0.15, 0.2) is 32.6 Å². The van der Waals surface area contributed by atoms with E-state index in [0.29, 0.717) is 12.0 Å². The Bertz CT molecular complexity index is 813. The zero-order valence-electron chi connectivity index (χ0n) is 11.1. The van der Waals surface area contributed by atoms with Crippen molar-refractivity contribution in [3.63, 3.8) is 0 Å². The molecule has 114 valence electrons. The minimum atomic E-state index is -3.80. The molecule has 21 heavy (non-hydrogen) atoms. The average Bonchev–Trinajstić information content (AvgIpc) is 2.77. The molecule has 1 N–H and O–H groups in total. The summed E-state index contributed by atoms with van der Waals surface area (Å²) in [5, 5.41) is 5.44. The molecule has 0 saturated heterocycles. The van der Waals surface area contributed by atoms with Gasteiger partial charge in [-0.1, -0.05) is 13.0 Å². The summed E-state index contributed by atoms with van der Waals surface area (Å²) in [6, 6.07) is 3.95. The van der Waals surface area contributed by atoms with Gasteiger partial charge in [0.1, 0.15) is 5.82 Å². The first-order valence-electron chi connectivity index (χ1n) is 6.17. The van der Waals surface area contributed by atoms with E-state index in [-0.39, 0.29) is 21.9 Å². The smallest absolute Gasteiger partial charge is 0.266 e. The van der Waals surface area contributed by atoms with Crippen molar-refractivity contribution in [1.82, 2.24) is 14.8 Å². The Labute approximate surface area is 129 Å². The summed E-state index contributed by atoms with van der Waals surface area (Å²) in [6.07, 6.45) is 0.601. The topological polar surface area (TPSA) is 84.8 Å². The van der Waals surface area contributed by atoms with E-state index in [9.17, 15) is 17.6 Å². The van der Waals surface area contributed by atoms with E-state index in [0.717, 1.165) is 4.57 Å². The van der Waals surface area contributed by atoms with Crippen LogP contribution in [-0.2, 0) is 22.1 Å². The first-order chi connectivity index (χ1) is 9.85. The molecule has 0 fully saturated rings. The molecule has 0 unspecified atom stereocenters. The van der Waals surface area contributed by atoms with Gasteiger partial charge in [-0.3, -0.25) is 4.57 Å². The van der Waals surface area contributed by atoms with Crippen molar-refractivity contribution >= 4 is 25.8 Å². The monoisotopic (exact) mass is 377 g/mol. The van der Waals surface area contributed by atoms with Gasteiger partial charge in [-0.15, -0.1) is 5.10 Å². The van der Waals surface area contributed by atoms with Crippen molar-refractivity contribution in [1.29, 1.82) is 0 Å². The fourth-order valence-corrected chi connectivity index (χ4v) is 3.74. The number of aromatic nitrogens is 3. The van der Waals surface area contributed by atoms with Gasteiger partial charge in [0.05, 0.1) is 10.2 Å². The quantitative estimate of drug-likeness (QED) is 0.861. The van der Waals surface area contributed by atoms with Gasteiger partial charge >= 0.3 is 5.69 Å². The van der Waals surface area contributed by atoms with Gasteiger partial charge in [-0.05, 0) is 40.0 Å². The van der Waals surface area contributed by atoms with E-state index in [1.807, 2.05) is 6.92 Å². The lowest BCUT2D eigenvalue weighted by atomic mass is 10.2. The van der Waals surface area contributed by atoms with Crippen LogP contribution in [0.1, 0.15) is 18.9 Å². The third kappa shape index (κ3) is 3.41. The molecule has 0 amide bonds. The molecule has 0 radical (unpaired) electrons. The normalized spacial score (nSPS) is 11.8. The van der Waals surface area contributed by atoms with E-state index in [4.69, 9.17) is 0 Å². The highest BCUT2D eigenvalue weighted by Crippen LogP contribution is 2.20. The molecule has 0 saturated carbocycles. The molecule has 0 aliphatic carbocycles. The highest BCUT2D eigenvalue weighted by Gasteiger charge is 2.23. The van der Waals surface area contributed by atoms with Gasteiger partial charge < -0.3 is 0 Å². The largest absolute Gasteiger partial charge is 0.344 e. The maximum absolute atomic E-state index is 13.2. The second-order valence-electron chi connectivity index (χ2n) is 4.47. The Balaban J connectivity index is 2.38. The van der Waals surface area contributed by atoms with Crippen LogP contribution in [0, 0.1) is 5.82 Å². The first-order valence-corrected chi connectivity index (χ1v) is 8.61. The van der Waals surface area contributed by atoms with Crippen molar-refractivity contribution < 1.29 is 12.8 Å². The van der Waals surface area contributed by atoms with Crippen LogP contribution < -0.4 is 5.69 Å². The summed E-state index contributed by atoms with van der Waals surface area (Å²) in [6.45, 7) is 2.09. The Morgan fingerprint density at radius 3 is 2.76 bits per heavy atom. The first kappa shape index (κ1) is 15.9. The molecule has 0 aliphatic rings. The Kier molecular flexibility index (Phi) is 4.62. The van der Waals surface area contributed by atoms with Gasteiger partial charge in [-0.2, -0.15) is 0 Å². The lowest BCUT2D eigenvalue weighted by molar-refractivity contribution is 0.550. The van der Waals surface area contributed by atoms with Gasteiger partial charge in [-0.25, -0.2) is 22.7 Å². The lowest BCUT2D eigenvalue weighted by Crippen LogP contribution is -2.21. The standard InChI is InChI=1S/C12H13BrFN3O3S/c1-2-5-17-11(18)15-16-12(17)21(19,20)7-8-3-4-10(14)9(13)6-8/h3-4,6H,2,5,7H2,1H3,(H,15,18). The van der Waals surface area contributed by atoms with Crippen LogP contribution in [0.5, 0.6) is 0 Å². The summed E-state index contributed by atoms with van der Waals surface area (Å²) >= 11 is 3.01. The molecular weight excluding hydrogens is 365 g/mol. The van der Waals surface area contributed by atoms with Crippen molar-refractivity contribution in [2.24, 2.45) is 0 Å². The minimum Gasteiger partial charge on any atom is -0.266 e. The number of sulfone groups is 1. The number of hydrogen-bond acceptors (Lipinski definition) is 4. The minimum absolute atomic E-state index is 0.183. The molecule has 1 aromatic heterocycles. The molecule has 2 rings (SSSR count). The number of hydrogen-bond donors (Lipinski definition) is 1. The molecule has 1 aromatic carbocycles. The molecule has 0 bridgehead atoms. The third-order valence-electron chi connectivity index (χ3n) is 2.79. The highest BCUT2D eigenvalue weighted by atomic mass is 79.9. The predicted octanol–water partition coefficient (Wildman–Crippen LogP) is 1.86. The zero-order valence-corrected chi connectivity index (χ0v) is 13.5. The molecule has 6 nitrogen and oxygen atoms in total. The van der Waals surface area contributed by atoms with Crippen LogP contribution >= 0.6 is 15.9 Å². The second-order valence-corrected chi connectivity index (χ2v) is 7.21. The number of aromatic amines is 1. The molecule has 9 heteroatoms. The summed E-state index contributed by atoms with van der Waals surface area (Å²) in [5.74, 6) is -0.835. The summed E-state index contributed by atoms with van der Waals surface area (Å²) in [5.41, 5.74) is -0.155. The molecule has 0 atom stereocenters. The van der Waals surface area contributed by atoms with Gasteiger partial charge in [0.15, 0.2) is 0 Å². The maximum Gasteiger partial charge on any atom is 0.344 e. The molecule has 0 aliphatic heterocycles. The van der Waals surface area contributed by atoms with E-state index in [1.165, 1.54) is 18.2 Å². The summed E-state index contributed by atoms with van der Waals surface area (Å²) in [7, 11) is -3.80. The van der Waals surface area contributed by atoms with Crippen LogP contribution in [-0.4, -0.2) is 23.2 Å². The number of nitrogens with zero attached hydrogens (tertiary/aromatic N) is 2. The van der Waals surface area contributed by atoms with Crippen LogP contribution in [0.2, 0.25) is 0 Å². The average molecular weight is 378 g/mol. The molecule has 0 spiro atoms. The predicted molar refractivity (Wildman–Crippen MR) is 78.1 cm³/mol. The van der Waals surface area contributed by atoms with Gasteiger partial charge in [0.25, 0.3) is 5.16 Å². The molecule has 2 aromatic rings. The number of halogens is 2. The lowest BCUT2D eigenvalue weighted by Gasteiger charge is -2.06. The van der Waals surface area contributed by atoms with Crippen LogP contribution in [0.3, 0.4) is 0 Å². The SMILES string of the molecule is CCCn1c(S(=O)(=O)Cc2ccc(F)c(Br)c2)n[nH]c1=O. The highest BCUT2D eigenvalue weighted by molar-refractivity contribution is 9.10. The molecular formula is C12H13BrFN3O3S. The fraction of sp³-hybridized carbons (Fsp3) is 0.333. The third-order valence-corrected chi connectivity index (χ3v) is 4.98. The fourth-order valence-electron chi connectivity index (χ4n) is 1.87. The van der Waals surface area contributed by atoms with E-state index >= 15 is 0 Å². The second kappa shape index (κ2) is 6.10. The number of H-pyrrole nitrogens is 1. The van der Waals surface area contributed by atoms with E-state index in [1.54, 1.807) is 0 Å². The van der Waals surface area contributed by atoms with Gasteiger partial charge in [0, 0.05) is 6.54 Å².